The summed E-state index contributed by atoms with van der Waals surface area (Å²) in [6.45, 7) is 3.04. The van der Waals surface area contributed by atoms with Gasteiger partial charge in [0, 0.05) is 24.7 Å². The van der Waals surface area contributed by atoms with Gasteiger partial charge in [0.1, 0.15) is 11.5 Å². The summed E-state index contributed by atoms with van der Waals surface area (Å²) in [6, 6.07) is 13.9. The van der Waals surface area contributed by atoms with Crippen molar-refractivity contribution in [1.29, 1.82) is 0 Å². The summed E-state index contributed by atoms with van der Waals surface area (Å²) in [5.74, 6) is 0.911. The Balaban J connectivity index is 1.46. The molecule has 0 bridgehead atoms. The number of carbonyl (C=O) groups is 3. The van der Waals surface area contributed by atoms with Crippen molar-refractivity contribution >= 4 is 18.0 Å². The number of ether oxygens (including phenoxy) is 3. The van der Waals surface area contributed by atoms with E-state index in [0.717, 1.165) is 11.3 Å². The molecule has 8 nitrogen and oxygen atoms in total. The molecule has 0 saturated carbocycles. The number of nitrogens with zero attached hydrogens (tertiary/aromatic N) is 1. The molecule has 2 aromatic carbocycles. The molecule has 0 unspecified atom stereocenters. The fourth-order valence-corrected chi connectivity index (χ4v) is 3.57. The Morgan fingerprint density at radius 3 is 2.41 bits per heavy atom. The molecule has 1 fully saturated rings. The van der Waals surface area contributed by atoms with Crippen molar-refractivity contribution in [3.8, 4) is 11.5 Å². The number of piperidine rings is 1. The summed E-state index contributed by atoms with van der Waals surface area (Å²) >= 11 is 0. The lowest BCUT2D eigenvalue weighted by atomic mass is 10.0. The van der Waals surface area contributed by atoms with Gasteiger partial charge in [0.2, 0.25) is 5.91 Å². The van der Waals surface area contributed by atoms with Crippen molar-refractivity contribution in [1.82, 2.24) is 10.2 Å². The third kappa shape index (κ3) is 6.47. The SMILES string of the molecule is CCOC(=O)Oc1ccc(C(=O)N2CCC(NC(=O)Cc3cccc(OC)c3)CC2)cc1. The van der Waals surface area contributed by atoms with Crippen LogP contribution in [0, 0.1) is 0 Å². The molecule has 3 rings (SSSR count). The molecule has 1 saturated heterocycles. The molecular weight excluding hydrogens is 412 g/mol. The highest BCUT2D eigenvalue weighted by atomic mass is 16.7. The minimum Gasteiger partial charge on any atom is -0.497 e. The quantitative estimate of drug-likeness (QED) is 0.525. The summed E-state index contributed by atoms with van der Waals surface area (Å²) in [7, 11) is 1.60. The third-order valence-electron chi connectivity index (χ3n) is 5.21. The van der Waals surface area contributed by atoms with Crippen LogP contribution in [0.5, 0.6) is 11.5 Å². The fourth-order valence-electron chi connectivity index (χ4n) is 3.57. The van der Waals surface area contributed by atoms with Gasteiger partial charge >= 0.3 is 6.16 Å². The number of hydrogen-bond acceptors (Lipinski definition) is 6. The number of carbonyl (C=O) groups excluding carboxylic acids is 3. The Morgan fingerprint density at radius 2 is 1.75 bits per heavy atom. The number of nitrogens with one attached hydrogen (secondary N) is 1. The van der Waals surface area contributed by atoms with Crippen molar-refractivity contribution in [2.24, 2.45) is 0 Å². The summed E-state index contributed by atoms with van der Waals surface area (Å²) in [5.41, 5.74) is 1.41. The van der Waals surface area contributed by atoms with E-state index in [1.165, 1.54) is 0 Å². The van der Waals surface area contributed by atoms with Gasteiger partial charge in [-0.05, 0) is 61.7 Å². The number of methoxy groups -OCH3 is 1. The lowest BCUT2D eigenvalue weighted by Crippen LogP contribution is -2.46. The van der Waals surface area contributed by atoms with Gasteiger partial charge in [0.05, 0.1) is 20.1 Å². The van der Waals surface area contributed by atoms with Gasteiger partial charge in [-0.3, -0.25) is 9.59 Å². The first-order valence-electron chi connectivity index (χ1n) is 10.6. The molecule has 8 heteroatoms. The second kappa shape index (κ2) is 11.2. The van der Waals surface area contributed by atoms with E-state index in [2.05, 4.69) is 5.32 Å². The first-order valence-corrected chi connectivity index (χ1v) is 10.6. The molecule has 32 heavy (non-hydrogen) atoms. The maximum absolute atomic E-state index is 12.8. The zero-order valence-corrected chi connectivity index (χ0v) is 18.3. The van der Waals surface area contributed by atoms with Crippen LogP contribution in [0.1, 0.15) is 35.7 Å². The van der Waals surface area contributed by atoms with Crippen molar-refractivity contribution in [2.45, 2.75) is 32.2 Å². The van der Waals surface area contributed by atoms with Gasteiger partial charge in [-0.2, -0.15) is 0 Å². The fraction of sp³-hybridized carbons (Fsp3) is 0.375. The number of likely N-dealkylation sites (tertiary alicyclic amines) is 1. The molecular formula is C24H28N2O6. The molecule has 1 N–H and O–H groups in total. The van der Waals surface area contributed by atoms with E-state index in [-0.39, 0.29) is 30.9 Å². The van der Waals surface area contributed by atoms with E-state index in [0.29, 0.717) is 37.2 Å². The van der Waals surface area contributed by atoms with Crippen LogP contribution in [-0.4, -0.2) is 55.7 Å². The van der Waals surface area contributed by atoms with Gasteiger partial charge in [-0.1, -0.05) is 12.1 Å². The second-order valence-corrected chi connectivity index (χ2v) is 7.47. The first-order chi connectivity index (χ1) is 15.5. The highest BCUT2D eigenvalue weighted by molar-refractivity contribution is 5.94. The molecule has 2 amide bonds. The third-order valence-corrected chi connectivity index (χ3v) is 5.21. The number of hydrogen-bond donors (Lipinski definition) is 1. The topological polar surface area (TPSA) is 94.2 Å². The van der Waals surface area contributed by atoms with Crippen LogP contribution in [0.15, 0.2) is 48.5 Å². The van der Waals surface area contributed by atoms with Crippen molar-refractivity contribution < 1.29 is 28.6 Å². The zero-order valence-electron chi connectivity index (χ0n) is 18.3. The largest absolute Gasteiger partial charge is 0.513 e. The Kier molecular flexibility index (Phi) is 8.08. The zero-order chi connectivity index (χ0) is 22.9. The van der Waals surface area contributed by atoms with Gasteiger partial charge in [-0.25, -0.2) is 4.79 Å². The average Bonchev–Trinajstić information content (AvgIpc) is 2.80. The Bertz CT molecular complexity index is 936. The molecule has 1 aliphatic rings. The number of benzene rings is 2. The molecule has 0 spiro atoms. The van der Waals surface area contributed by atoms with Crippen LogP contribution < -0.4 is 14.8 Å². The van der Waals surface area contributed by atoms with Crippen LogP contribution in [0.3, 0.4) is 0 Å². The highest BCUT2D eigenvalue weighted by Gasteiger charge is 2.24. The highest BCUT2D eigenvalue weighted by Crippen LogP contribution is 2.18. The summed E-state index contributed by atoms with van der Waals surface area (Å²) in [5, 5.41) is 3.06. The van der Waals surface area contributed by atoms with Crippen LogP contribution in [-0.2, 0) is 16.0 Å². The molecule has 0 radical (unpaired) electrons. The molecule has 2 aromatic rings. The van der Waals surface area contributed by atoms with Crippen LogP contribution >= 0.6 is 0 Å². The Labute approximate surface area is 187 Å². The standard InChI is InChI=1S/C24H28N2O6/c1-3-31-24(29)32-20-9-7-18(8-10-20)23(28)26-13-11-19(12-14-26)25-22(27)16-17-5-4-6-21(15-17)30-2/h4-10,15,19H,3,11-14,16H2,1-2H3,(H,25,27). The average molecular weight is 440 g/mol. The van der Waals surface area contributed by atoms with Gasteiger partial charge in [0.15, 0.2) is 0 Å². The predicted molar refractivity (Wildman–Crippen MR) is 118 cm³/mol. The normalized spacial score (nSPS) is 13.9. The van der Waals surface area contributed by atoms with Crippen molar-refractivity contribution in [3.63, 3.8) is 0 Å². The minimum absolute atomic E-state index is 0.0394. The van der Waals surface area contributed by atoms with Crippen LogP contribution in [0.4, 0.5) is 4.79 Å². The Morgan fingerprint density at radius 1 is 1.03 bits per heavy atom. The molecule has 170 valence electrons. The number of rotatable bonds is 7. The van der Waals surface area contributed by atoms with Gasteiger partial charge in [0.25, 0.3) is 5.91 Å². The molecule has 1 aliphatic heterocycles. The maximum Gasteiger partial charge on any atom is 0.513 e. The Hall–Kier alpha value is -3.55. The van der Waals surface area contributed by atoms with E-state index < -0.39 is 6.16 Å². The van der Waals surface area contributed by atoms with Crippen molar-refractivity contribution in [3.05, 3.63) is 59.7 Å². The lowest BCUT2D eigenvalue weighted by molar-refractivity contribution is -0.121. The van der Waals surface area contributed by atoms with E-state index >= 15 is 0 Å². The van der Waals surface area contributed by atoms with E-state index in [4.69, 9.17) is 14.2 Å². The number of amides is 2. The van der Waals surface area contributed by atoms with Gasteiger partial charge < -0.3 is 24.4 Å². The lowest BCUT2D eigenvalue weighted by Gasteiger charge is -2.32. The first kappa shape index (κ1) is 23.1. The van der Waals surface area contributed by atoms with E-state index in [9.17, 15) is 14.4 Å². The van der Waals surface area contributed by atoms with E-state index in [1.807, 2.05) is 24.3 Å². The van der Waals surface area contributed by atoms with Gasteiger partial charge in [-0.15, -0.1) is 0 Å². The van der Waals surface area contributed by atoms with Crippen LogP contribution in [0.2, 0.25) is 0 Å². The summed E-state index contributed by atoms with van der Waals surface area (Å²) in [6.07, 6.45) is 0.901. The monoisotopic (exact) mass is 440 g/mol. The summed E-state index contributed by atoms with van der Waals surface area (Å²) in [4.78, 5) is 38.3. The predicted octanol–water partition coefficient (Wildman–Crippen LogP) is 3.19. The molecule has 1 heterocycles. The maximum atomic E-state index is 12.8. The molecule has 0 aliphatic carbocycles. The van der Waals surface area contributed by atoms with Crippen LogP contribution in [0.25, 0.3) is 0 Å². The minimum atomic E-state index is -0.776. The summed E-state index contributed by atoms with van der Waals surface area (Å²) < 4.78 is 14.9. The van der Waals surface area contributed by atoms with E-state index in [1.54, 1.807) is 43.2 Å². The molecule has 0 atom stereocenters. The molecule has 0 aromatic heterocycles. The van der Waals surface area contributed by atoms with Crippen molar-refractivity contribution in [2.75, 3.05) is 26.8 Å². The smallest absolute Gasteiger partial charge is 0.497 e. The second-order valence-electron chi connectivity index (χ2n) is 7.47.